The van der Waals surface area contributed by atoms with E-state index in [4.69, 9.17) is 4.74 Å². The Balaban J connectivity index is 1.85. The van der Waals surface area contributed by atoms with Crippen LogP contribution < -0.4 is 4.90 Å². The van der Waals surface area contributed by atoms with E-state index in [9.17, 15) is 0 Å². The SMILES string of the molecule is CN(C)c1ccc(C2=CC=C3C=CC(N(C)C)C=C3O2)cc1. The van der Waals surface area contributed by atoms with E-state index >= 15 is 0 Å². The maximum Gasteiger partial charge on any atom is 0.134 e. The lowest BCUT2D eigenvalue weighted by atomic mass is 10.0. The molecule has 22 heavy (non-hydrogen) atoms. The lowest BCUT2D eigenvalue weighted by Crippen LogP contribution is -2.26. The second-order valence-corrected chi connectivity index (χ2v) is 6.04. The van der Waals surface area contributed by atoms with Gasteiger partial charge in [-0.05, 0) is 56.6 Å². The number of hydrogen-bond acceptors (Lipinski definition) is 3. The van der Waals surface area contributed by atoms with Crippen LogP contribution in [0.15, 0.2) is 66.0 Å². The van der Waals surface area contributed by atoms with Crippen molar-refractivity contribution in [3.63, 3.8) is 0 Å². The molecular formula is C19H22N2O. The number of ether oxygens (including phenoxy) is 1. The van der Waals surface area contributed by atoms with Crippen LogP contribution in [0.4, 0.5) is 5.69 Å². The topological polar surface area (TPSA) is 15.7 Å². The summed E-state index contributed by atoms with van der Waals surface area (Å²) < 4.78 is 6.12. The molecular weight excluding hydrogens is 272 g/mol. The van der Waals surface area contributed by atoms with Gasteiger partial charge in [0.1, 0.15) is 11.5 Å². The van der Waals surface area contributed by atoms with Crippen molar-refractivity contribution < 1.29 is 4.74 Å². The monoisotopic (exact) mass is 294 g/mol. The van der Waals surface area contributed by atoms with Crippen molar-refractivity contribution in [1.29, 1.82) is 0 Å². The predicted octanol–water partition coefficient (Wildman–Crippen LogP) is 3.43. The van der Waals surface area contributed by atoms with E-state index in [1.807, 2.05) is 20.2 Å². The number of hydrogen-bond donors (Lipinski definition) is 0. The van der Waals surface area contributed by atoms with E-state index in [0.29, 0.717) is 0 Å². The maximum atomic E-state index is 6.12. The van der Waals surface area contributed by atoms with Gasteiger partial charge in [-0.25, -0.2) is 0 Å². The third-order valence-corrected chi connectivity index (χ3v) is 3.98. The van der Waals surface area contributed by atoms with E-state index in [1.54, 1.807) is 0 Å². The molecule has 0 saturated carbocycles. The smallest absolute Gasteiger partial charge is 0.134 e. The average Bonchev–Trinajstić information content (AvgIpc) is 2.53. The lowest BCUT2D eigenvalue weighted by Gasteiger charge is -2.26. The molecule has 114 valence electrons. The number of fused-ring (bicyclic) bond motifs is 1. The summed E-state index contributed by atoms with van der Waals surface area (Å²) in [6.45, 7) is 0. The van der Waals surface area contributed by atoms with E-state index in [-0.39, 0.29) is 6.04 Å². The molecule has 3 nitrogen and oxygen atoms in total. The van der Waals surface area contributed by atoms with Gasteiger partial charge in [-0.2, -0.15) is 0 Å². The van der Waals surface area contributed by atoms with Gasteiger partial charge in [0.2, 0.25) is 0 Å². The highest BCUT2D eigenvalue weighted by molar-refractivity contribution is 5.68. The lowest BCUT2D eigenvalue weighted by molar-refractivity contribution is 0.353. The molecule has 0 N–H and O–H groups in total. The molecule has 1 heterocycles. The first-order chi connectivity index (χ1) is 10.5. The van der Waals surface area contributed by atoms with Crippen LogP contribution in [-0.2, 0) is 4.74 Å². The van der Waals surface area contributed by atoms with Crippen LogP contribution in [0.5, 0.6) is 0 Å². The minimum absolute atomic E-state index is 0.280. The first-order valence-electron chi connectivity index (χ1n) is 7.49. The van der Waals surface area contributed by atoms with Gasteiger partial charge in [0, 0.05) is 37.0 Å². The highest BCUT2D eigenvalue weighted by Crippen LogP contribution is 2.32. The van der Waals surface area contributed by atoms with Crippen LogP contribution in [0.3, 0.4) is 0 Å². The molecule has 0 radical (unpaired) electrons. The summed E-state index contributed by atoms with van der Waals surface area (Å²) in [7, 11) is 8.22. The van der Waals surface area contributed by atoms with Gasteiger partial charge in [0.15, 0.2) is 0 Å². The largest absolute Gasteiger partial charge is 0.456 e. The van der Waals surface area contributed by atoms with Crippen LogP contribution in [0.25, 0.3) is 5.76 Å². The summed E-state index contributed by atoms with van der Waals surface area (Å²) in [4.78, 5) is 4.25. The van der Waals surface area contributed by atoms with E-state index < -0.39 is 0 Å². The maximum absolute atomic E-state index is 6.12. The molecule has 1 aromatic carbocycles. The summed E-state index contributed by atoms with van der Waals surface area (Å²) in [6.07, 6.45) is 10.6. The second-order valence-electron chi connectivity index (χ2n) is 6.04. The summed E-state index contributed by atoms with van der Waals surface area (Å²) in [5.74, 6) is 1.84. The Morgan fingerprint density at radius 3 is 2.27 bits per heavy atom. The van der Waals surface area contributed by atoms with Crippen molar-refractivity contribution in [1.82, 2.24) is 4.90 Å². The zero-order valence-corrected chi connectivity index (χ0v) is 13.6. The molecule has 0 aromatic heterocycles. The normalized spacial score (nSPS) is 19.9. The second kappa shape index (κ2) is 5.85. The molecule has 3 rings (SSSR count). The Kier molecular flexibility index (Phi) is 3.90. The summed E-state index contributed by atoms with van der Waals surface area (Å²) in [5.41, 5.74) is 3.41. The first kappa shape index (κ1) is 14.7. The van der Waals surface area contributed by atoms with Gasteiger partial charge >= 0.3 is 0 Å². The molecule has 0 bridgehead atoms. The standard InChI is InChI=1S/C19H22N2O/c1-20(2)16-9-5-14(6-10-16)18-12-8-15-7-11-17(21(3)4)13-19(15)22-18/h5-13,17H,1-4H3. The molecule has 1 aliphatic heterocycles. The molecule has 3 heteroatoms. The van der Waals surface area contributed by atoms with E-state index in [2.05, 4.69) is 72.5 Å². The van der Waals surface area contributed by atoms with Crippen LogP contribution in [0.2, 0.25) is 0 Å². The van der Waals surface area contributed by atoms with E-state index in [0.717, 1.165) is 22.7 Å². The van der Waals surface area contributed by atoms with Crippen molar-refractivity contribution in [2.75, 3.05) is 33.1 Å². The zero-order valence-electron chi connectivity index (χ0n) is 13.6. The Hall–Kier alpha value is -2.26. The van der Waals surface area contributed by atoms with Gasteiger partial charge in [0.05, 0.1) is 0 Å². The number of nitrogens with zero attached hydrogens (tertiary/aromatic N) is 2. The van der Waals surface area contributed by atoms with Crippen LogP contribution >= 0.6 is 0 Å². The van der Waals surface area contributed by atoms with Gasteiger partial charge in [-0.3, -0.25) is 4.90 Å². The number of benzene rings is 1. The van der Waals surface area contributed by atoms with E-state index in [1.165, 1.54) is 5.69 Å². The molecule has 0 amide bonds. The van der Waals surface area contributed by atoms with Crippen molar-refractivity contribution in [2.24, 2.45) is 0 Å². The quantitative estimate of drug-likeness (QED) is 0.849. The van der Waals surface area contributed by atoms with Crippen LogP contribution in [0.1, 0.15) is 5.56 Å². The Morgan fingerprint density at radius 2 is 1.64 bits per heavy atom. The number of rotatable bonds is 3. The fourth-order valence-electron chi connectivity index (χ4n) is 2.54. The Labute approximate surface area is 132 Å². The average molecular weight is 294 g/mol. The number of likely N-dealkylation sites (N-methyl/N-ethyl adjacent to an activating group) is 1. The molecule has 1 aliphatic carbocycles. The summed E-state index contributed by atoms with van der Waals surface area (Å²) in [6, 6.07) is 8.70. The first-order valence-corrected chi connectivity index (χ1v) is 7.49. The fourth-order valence-corrected chi connectivity index (χ4v) is 2.54. The Morgan fingerprint density at radius 1 is 0.909 bits per heavy atom. The summed E-state index contributed by atoms with van der Waals surface area (Å²) >= 11 is 0. The van der Waals surface area contributed by atoms with Crippen molar-refractivity contribution >= 4 is 11.4 Å². The minimum Gasteiger partial charge on any atom is -0.456 e. The van der Waals surface area contributed by atoms with Crippen molar-refractivity contribution in [3.05, 3.63) is 71.5 Å². The molecule has 0 saturated heterocycles. The van der Waals surface area contributed by atoms with Crippen molar-refractivity contribution in [2.45, 2.75) is 6.04 Å². The van der Waals surface area contributed by atoms with Gasteiger partial charge in [0.25, 0.3) is 0 Å². The minimum atomic E-state index is 0.280. The third kappa shape index (κ3) is 2.85. The highest BCUT2D eigenvalue weighted by atomic mass is 16.5. The predicted molar refractivity (Wildman–Crippen MR) is 92.6 cm³/mol. The number of anilines is 1. The van der Waals surface area contributed by atoms with Gasteiger partial charge < -0.3 is 9.64 Å². The molecule has 1 aromatic rings. The molecule has 1 unspecified atom stereocenters. The Bertz CT molecular complexity index is 676. The fraction of sp³-hybridized carbons (Fsp3) is 0.263. The molecule has 1 atom stereocenters. The molecule has 0 spiro atoms. The summed E-state index contributed by atoms with van der Waals surface area (Å²) in [5, 5.41) is 0. The van der Waals surface area contributed by atoms with Crippen LogP contribution in [0, 0.1) is 0 Å². The third-order valence-electron chi connectivity index (χ3n) is 3.98. The zero-order chi connectivity index (χ0) is 15.7. The van der Waals surface area contributed by atoms with Crippen LogP contribution in [-0.4, -0.2) is 39.1 Å². The highest BCUT2D eigenvalue weighted by Gasteiger charge is 2.19. The van der Waals surface area contributed by atoms with Gasteiger partial charge in [-0.15, -0.1) is 0 Å². The van der Waals surface area contributed by atoms with Gasteiger partial charge in [-0.1, -0.05) is 12.2 Å². The molecule has 0 fully saturated rings. The van der Waals surface area contributed by atoms with Crippen molar-refractivity contribution in [3.8, 4) is 0 Å². The molecule has 2 aliphatic rings. The number of allylic oxidation sites excluding steroid dienone is 3.